The first kappa shape index (κ1) is 13.6. The quantitative estimate of drug-likeness (QED) is 0.879. The van der Waals surface area contributed by atoms with Crippen LogP contribution in [0.5, 0.6) is 0 Å². The van der Waals surface area contributed by atoms with Crippen LogP contribution in [0.25, 0.3) is 0 Å². The zero-order valence-electron chi connectivity index (χ0n) is 11.2. The zero-order chi connectivity index (χ0) is 14.0. The Morgan fingerprint density at radius 2 is 2.05 bits per heavy atom. The molecule has 1 aromatic heterocycles. The number of carboxylic acids is 1. The van der Waals surface area contributed by atoms with Gasteiger partial charge in [0, 0.05) is 0 Å². The maximum atomic E-state index is 12.0. The standard InChI is InChI=1S/C14H19NO4/c1-9-3-5-14(6-4-9,13(17)18)15-12(16)11-7-10(2)8-19-11/h7-9H,3-6H2,1-2H3,(H,15,16)(H,17,18). The number of hydrogen-bond acceptors (Lipinski definition) is 3. The van der Waals surface area contributed by atoms with Gasteiger partial charge in [0.2, 0.25) is 0 Å². The first-order valence-corrected chi connectivity index (χ1v) is 6.54. The molecule has 104 valence electrons. The molecule has 0 bridgehead atoms. The second kappa shape index (κ2) is 5.07. The summed E-state index contributed by atoms with van der Waals surface area (Å²) in [6.07, 6.45) is 4.03. The molecule has 5 heteroatoms. The lowest BCUT2D eigenvalue weighted by Crippen LogP contribution is -2.56. The van der Waals surface area contributed by atoms with Gasteiger partial charge in [-0.1, -0.05) is 6.92 Å². The second-order valence-corrected chi connectivity index (χ2v) is 5.51. The van der Waals surface area contributed by atoms with E-state index in [0.717, 1.165) is 18.4 Å². The largest absolute Gasteiger partial charge is 0.480 e. The zero-order valence-corrected chi connectivity index (χ0v) is 11.2. The Morgan fingerprint density at radius 3 is 2.53 bits per heavy atom. The Labute approximate surface area is 112 Å². The maximum absolute atomic E-state index is 12.0. The van der Waals surface area contributed by atoms with E-state index < -0.39 is 17.4 Å². The summed E-state index contributed by atoms with van der Waals surface area (Å²) < 4.78 is 5.11. The van der Waals surface area contributed by atoms with Gasteiger partial charge in [0.05, 0.1) is 6.26 Å². The summed E-state index contributed by atoms with van der Waals surface area (Å²) in [5.74, 6) is -0.743. The summed E-state index contributed by atoms with van der Waals surface area (Å²) in [4.78, 5) is 23.6. The minimum Gasteiger partial charge on any atom is -0.480 e. The molecule has 1 aromatic rings. The highest BCUT2D eigenvalue weighted by molar-refractivity contribution is 5.96. The molecule has 0 aromatic carbocycles. The molecule has 0 spiro atoms. The van der Waals surface area contributed by atoms with Gasteiger partial charge in [-0.3, -0.25) is 4.79 Å². The van der Waals surface area contributed by atoms with Crippen LogP contribution in [0.15, 0.2) is 16.7 Å². The molecule has 1 heterocycles. The Hall–Kier alpha value is -1.78. The van der Waals surface area contributed by atoms with Crippen molar-refractivity contribution in [3.8, 4) is 0 Å². The van der Waals surface area contributed by atoms with Crippen LogP contribution in [0, 0.1) is 12.8 Å². The Morgan fingerprint density at radius 1 is 1.42 bits per heavy atom. The average Bonchev–Trinajstić information content (AvgIpc) is 2.79. The van der Waals surface area contributed by atoms with Gasteiger partial charge in [-0.25, -0.2) is 4.79 Å². The molecule has 1 aliphatic rings. The summed E-state index contributed by atoms with van der Waals surface area (Å²) in [5, 5.41) is 12.1. The molecule has 2 N–H and O–H groups in total. The normalized spacial score (nSPS) is 26.9. The van der Waals surface area contributed by atoms with Crippen molar-refractivity contribution in [1.82, 2.24) is 5.32 Å². The number of carboxylic acid groups (broad SMARTS) is 1. The monoisotopic (exact) mass is 265 g/mol. The SMILES string of the molecule is Cc1coc(C(=O)NC2(C(=O)O)CCC(C)CC2)c1. The topological polar surface area (TPSA) is 79.5 Å². The predicted octanol–water partition coefficient (Wildman–Crippen LogP) is 2.35. The van der Waals surface area contributed by atoms with Crippen LogP contribution in [-0.2, 0) is 4.79 Å². The third-order valence-electron chi connectivity index (χ3n) is 3.84. The molecule has 0 unspecified atom stereocenters. The van der Waals surface area contributed by atoms with Crippen molar-refractivity contribution in [2.75, 3.05) is 0 Å². The molecule has 1 amide bonds. The second-order valence-electron chi connectivity index (χ2n) is 5.51. The number of nitrogens with one attached hydrogen (secondary N) is 1. The Balaban J connectivity index is 2.13. The molecule has 0 aliphatic heterocycles. The van der Waals surface area contributed by atoms with Gasteiger partial charge in [0.25, 0.3) is 5.91 Å². The number of carbonyl (C=O) groups is 2. The number of carbonyl (C=O) groups excluding carboxylic acids is 1. The summed E-state index contributed by atoms with van der Waals surface area (Å²) in [5.41, 5.74) is -0.309. The van der Waals surface area contributed by atoms with Crippen LogP contribution in [0.3, 0.4) is 0 Å². The third kappa shape index (κ3) is 2.80. The summed E-state index contributed by atoms with van der Waals surface area (Å²) in [7, 11) is 0. The van der Waals surface area contributed by atoms with Gasteiger partial charge in [-0.15, -0.1) is 0 Å². The molecule has 2 rings (SSSR count). The molecule has 1 saturated carbocycles. The number of aryl methyl sites for hydroxylation is 1. The lowest BCUT2D eigenvalue weighted by Gasteiger charge is -2.36. The summed E-state index contributed by atoms with van der Waals surface area (Å²) in [6, 6.07) is 1.61. The van der Waals surface area contributed by atoms with Crippen LogP contribution >= 0.6 is 0 Å². The van der Waals surface area contributed by atoms with E-state index >= 15 is 0 Å². The highest BCUT2D eigenvalue weighted by Crippen LogP contribution is 2.32. The summed E-state index contributed by atoms with van der Waals surface area (Å²) in [6.45, 7) is 3.92. The molecule has 19 heavy (non-hydrogen) atoms. The van der Waals surface area contributed by atoms with Gasteiger partial charge >= 0.3 is 5.97 Å². The number of hydrogen-bond donors (Lipinski definition) is 2. The van der Waals surface area contributed by atoms with E-state index in [-0.39, 0.29) is 5.76 Å². The lowest BCUT2D eigenvalue weighted by atomic mass is 9.77. The van der Waals surface area contributed by atoms with Crippen LogP contribution in [0.1, 0.15) is 48.7 Å². The minimum absolute atomic E-state index is 0.164. The fraction of sp³-hybridized carbons (Fsp3) is 0.571. The minimum atomic E-state index is -1.15. The molecule has 5 nitrogen and oxygen atoms in total. The van der Waals surface area contributed by atoms with E-state index in [9.17, 15) is 14.7 Å². The molecular formula is C14H19NO4. The first-order chi connectivity index (χ1) is 8.93. The fourth-order valence-electron chi connectivity index (χ4n) is 2.48. The lowest BCUT2D eigenvalue weighted by molar-refractivity contribution is -0.146. The van der Waals surface area contributed by atoms with E-state index in [2.05, 4.69) is 12.2 Å². The highest BCUT2D eigenvalue weighted by atomic mass is 16.4. The molecule has 1 fully saturated rings. The summed E-state index contributed by atoms with van der Waals surface area (Å²) >= 11 is 0. The van der Waals surface area contributed by atoms with Gasteiger partial charge in [0.1, 0.15) is 5.54 Å². The van der Waals surface area contributed by atoms with Crippen molar-refractivity contribution in [3.63, 3.8) is 0 Å². The maximum Gasteiger partial charge on any atom is 0.329 e. The van der Waals surface area contributed by atoms with Crippen molar-refractivity contribution in [2.45, 2.75) is 45.1 Å². The van der Waals surface area contributed by atoms with E-state index in [1.54, 1.807) is 6.07 Å². The molecule has 1 aliphatic carbocycles. The number of furan rings is 1. The van der Waals surface area contributed by atoms with Crippen molar-refractivity contribution >= 4 is 11.9 Å². The van der Waals surface area contributed by atoms with Gasteiger partial charge in [-0.05, 0) is 50.2 Å². The molecule has 0 atom stereocenters. The van der Waals surface area contributed by atoms with Gasteiger partial charge in [-0.2, -0.15) is 0 Å². The van der Waals surface area contributed by atoms with E-state index in [1.807, 2.05) is 6.92 Å². The molecule has 0 radical (unpaired) electrons. The number of aliphatic carboxylic acids is 1. The van der Waals surface area contributed by atoms with Crippen molar-refractivity contribution in [1.29, 1.82) is 0 Å². The van der Waals surface area contributed by atoms with Crippen LogP contribution in [-0.4, -0.2) is 22.5 Å². The van der Waals surface area contributed by atoms with E-state index in [4.69, 9.17) is 4.42 Å². The van der Waals surface area contributed by atoms with E-state index in [0.29, 0.717) is 18.8 Å². The highest BCUT2D eigenvalue weighted by Gasteiger charge is 2.42. The molecular weight excluding hydrogens is 246 g/mol. The van der Waals surface area contributed by atoms with Crippen LogP contribution < -0.4 is 5.32 Å². The van der Waals surface area contributed by atoms with Crippen LogP contribution in [0.4, 0.5) is 0 Å². The van der Waals surface area contributed by atoms with Crippen molar-refractivity contribution < 1.29 is 19.1 Å². The third-order valence-corrected chi connectivity index (χ3v) is 3.84. The number of rotatable bonds is 3. The Kier molecular flexibility index (Phi) is 3.64. The van der Waals surface area contributed by atoms with Gasteiger partial charge in [0.15, 0.2) is 5.76 Å². The van der Waals surface area contributed by atoms with E-state index in [1.165, 1.54) is 6.26 Å². The first-order valence-electron chi connectivity index (χ1n) is 6.54. The predicted molar refractivity (Wildman–Crippen MR) is 68.9 cm³/mol. The molecule has 0 saturated heterocycles. The smallest absolute Gasteiger partial charge is 0.329 e. The van der Waals surface area contributed by atoms with Crippen LogP contribution in [0.2, 0.25) is 0 Å². The number of amides is 1. The average molecular weight is 265 g/mol. The van der Waals surface area contributed by atoms with Gasteiger partial charge < -0.3 is 14.8 Å². The van der Waals surface area contributed by atoms with Crippen molar-refractivity contribution in [3.05, 3.63) is 23.7 Å². The Bertz CT molecular complexity index is 483. The fourth-order valence-corrected chi connectivity index (χ4v) is 2.48. The van der Waals surface area contributed by atoms with Crippen molar-refractivity contribution in [2.24, 2.45) is 5.92 Å².